The molecule has 0 atom stereocenters. The van der Waals surface area contributed by atoms with Gasteiger partial charge < -0.3 is 4.40 Å². The molecule has 0 N–H and O–H groups in total. The van der Waals surface area contributed by atoms with Gasteiger partial charge in [-0.2, -0.15) is 0 Å². The minimum absolute atomic E-state index is 0.162. The van der Waals surface area contributed by atoms with Crippen LogP contribution in [0.1, 0.15) is 17.3 Å². The highest BCUT2D eigenvalue weighted by molar-refractivity contribution is 6.91. The average molecular weight is 281 g/mol. The van der Waals surface area contributed by atoms with E-state index in [2.05, 4.69) is 60.6 Å². The summed E-state index contributed by atoms with van der Waals surface area (Å²) in [6.07, 6.45) is 4.06. The van der Waals surface area contributed by atoms with Crippen molar-refractivity contribution < 1.29 is 4.79 Å². The zero-order valence-electron chi connectivity index (χ0n) is 12.4. The van der Waals surface area contributed by atoms with Crippen LogP contribution in [-0.4, -0.2) is 18.3 Å². The number of carbonyl (C=O) groups is 1. The smallest absolute Gasteiger partial charge is 0.161 e. The number of hydrogen-bond donors (Lipinski definition) is 0. The van der Waals surface area contributed by atoms with Crippen LogP contribution in [0.4, 0.5) is 0 Å². The van der Waals surface area contributed by atoms with Crippen molar-refractivity contribution in [1.29, 1.82) is 0 Å². The lowest BCUT2D eigenvalue weighted by Gasteiger charge is -2.18. The molecule has 0 aliphatic rings. The van der Waals surface area contributed by atoms with Crippen LogP contribution in [0.5, 0.6) is 0 Å². The van der Waals surface area contributed by atoms with E-state index in [0.29, 0.717) is 0 Å². The Bertz CT molecular complexity index is 824. The predicted molar refractivity (Wildman–Crippen MR) is 87.9 cm³/mol. The van der Waals surface area contributed by atoms with Gasteiger partial charge in [0.2, 0.25) is 0 Å². The van der Waals surface area contributed by atoms with Crippen LogP contribution >= 0.6 is 0 Å². The third-order valence-electron chi connectivity index (χ3n) is 3.79. The summed E-state index contributed by atoms with van der Waals surface area (Å²) in [4.78, 5) is 12.0. The highest BCUT2D eigenvalue weighted by Gasteiger charge is 2.27. The molecule has 0 unspecified atom stereocenters. The normalized spacial score (nSPS) is 12.2. The molecule has 2 heterocycles. The predicted octanol–water partition coefficient (Wildman–Crippen LogP) is 3.84. The summed E-state index contributed by atoms with van der Waals surface area (Å²) < 4.78 is 2.12. The molecule has 0 saturated carbocycles. The number of rotatable bonds is 2. The van der Waals surface area contributed by atoms with Gasteiger partial charge in [0.05, 0.1) is 13.6 Å². The van der Waals surface area contributed by atoms with Gasteiger partial charge in [-0.15, -0.1) is 0 Å². The van der Waals surface area contributed by atoms with E-state index in [0.717, 1.165) is 5.56 Å². The number of hydrogen-bond acceptors (Lipinski definition) is 1. The molecule has 1 aromatic carbocycles. The van der Waals surface area contributed by atoms with Crippen LogP contribution in [0.15, 0.2) is 42.7 Å². The van der Waals surface area contributed by atoms with Crippen molar-refractivity contribution in [2.45, 2.75) is 26.6 Å². The molecular formula is C17H19NOSi. The first kappa shape index (κ1) is 13.1. The first-order valence-corrected chi connectivity index (χ1v) is 10.4. The molecule has 3 aromatic rings. The summed E-state index contributed by atoms with van der Waals surface area (Å²) in [5.41, 5.74) is 2.10. The van der Waals surface area contributed by atoms with E-state index in [-0.39, 0.29) is 5.78 Å². The number of aromatic nitrogens is 1. The number of ketones is 1. The van der Waals surface area contributed by atoms with Crippen LogP contribution in [0.2, 0.25) is 19.6 Å². The van der Waals surface area contributed by atoms with E-state index in [1.165, 1.54) is 21.5 Å². The average Bonchev–Trinajstić information content (AvgIpc) is 2.78. The van der Waals surface area contributed by atoms with Crippen molar-refractivity contribution in [3.63, 3.8) is 0 Å². The Morgan fingerprint density at radius 1 is 1.10 bits per heavy atom. The number of benzene rings is 1. The molecule has 0 saturated heterocycles. The maximum Gasteiger partial charge on any atom is 0.161 e. The molecule has 0 spiro atoms. The number of fused-ring (bicyclic) bond motifs is 3. The first-order chi connectivity index (χ1) is 9.39. The maximum absolute atomic E-state index is 12.0. The first-order valence-electron chi connectivity index (χ1n) is 6.93. The van der Waals surface area contributed by atoms with E-state index < -0.39 is 8.07 Å². The highest BCUT2D eigenvalue weighted by Crippen LogP contribution is 2.23. The van der Waals surface area contributed by atoms with Crippen molar-refractivity contribution in [3.05, 3.63) is 48.3 Å². The molecule has 102 valence electrons. The van der Waals surface area contributed by atoms with Gasteiger partial charge in [0.15, 0.2) is 5.78 Å². The summed E-state index contributed by atoms with van der Waals surface area (Å²) in [6, 6.07) is 10.5. The molecule has 0 fully saturated rings. The lowest BCUT2D eigenvalue weighted by Crippen LogP contribution is -2.40. The SMILES string of the molecule is CC(=O)c1cn2ccc3ccccc3c2c1[Si](C)(C)C. The number of pyridine rings is 1. The Labute approximate surface area is 120 Å². The molecule has 2 nitrogen and oxygen atoms in total. The number of Topliss-reactive ketones (excluding diaryl/α,β-unsaturated/α-hetero) is 1. The summed E-state index contributed by atoms with van der Waals surface area (Å²) in [5.74, 6) is 0.162. The highest BCUT2D eigenvalue weighted by atomic mass is 28.3. The fourth-order valence-corrected chi connectivity index (χ4v) is 4.98. The van der Waals surface area contributed by atoms with Crippen molar-refractivity contribution in [1.82, 2.24) is 4.40 Å². The summed E-state index contributed by atoms with van der Waals surface area (Å²) in [5, 5.41) is 3.74. The van der Waals surface area contributed by atoms with Crippen molar-refractivity contribution in [2.24, 2.45) is 0 Å². The third kappa shape index (κ3) is 1.90. The molecule has 0 bridgehead atoms. The van der Waals surface area contributed by atoms with Crippen LogP contribution in [-0.2, 0) is 0 Å². The summed E-state index contributed by atoms with van der Waals surface area (Å²) in [7, 11) is -1.61. The second-order valence-electron chi connectivity index (χ2n) is 6.38. The standard InChI is InChI=1S/C17H19NOSi/c1-12(19)15-11-18-10-9-13-7-5-6-8-14(13)16(18)17(15)20(2,3)4/h5-11H,1-4H3. The van der Waals surface area contributed by atoms with E-state index in [9.17, 15) is 4.79 Å². The minimum atomic E-state index is -1.61. The zero-order valence-corrected chi connectivity index (χ0v) is 13.4. The topological polar surface area (TPSA) is 21.5 Å². The molecule has 3 rings (SSSR count). The Hall–Kier alpha value is -1.87. The molecule has 2 aromatic heterocycles. The summed E-state index contributed by atoms with van der Waals surface area (Å²) >= 11 is 0. The van der Waals surface area contributed by atoms with Gasteiger partial charge in [-0.1, -0.05) is 43.9 Å². The second kappa shape index (κ2) is 4.32. The molecule has 0 aliphatic heterocycles. The molecular weight excluding hydrogens is 262 g/mol. The minimum Gasteiger partial charge on any atom is -0.323 e. The van der Waals surface area contributed by atoms with E-state index >= 15 is 0 Å². The quantitative estimate of drug-likeness (QED) is 0.516. The van der Waals surface area contributed by atoms with Crippen LogP contribution in [0.25, 0.3) is 16.3 Å². The fourth-order valence-electron chi connectivity index (χ4n) is 2.96. The lowest BCUT2D eigenvalue weighted by molar-refractivity contribution is 0.101. The third-order valence-corrected chi connectivity index (χ3v) is 5.80. The fraction of sp³-hybridized carbons (Fsp3) is 0.235. The van der Waals surface area contributed by atoms with Crippen LogP contribution < -0.4 is 5.19 Å². The largest absolute Gasteiger partial charge is 0.323 e. The molecule has 3 heteroatoms. The zero-order chi connectivity index (χ0) is 14.5. The Morgan fingerprint density at radius 2 is 1.80 bits per heavy atom. The summed E-state index contributed by atoms with van der Waals surface area (Å²) in [6.45, 7) is 8.57. The van der Waals surface area contributed by atoms with Gasteiger partial charge in [0.25, 0.3) is 0 Å². The Kier molecular flexibility index (Phi) is 2.83. The number of nitrogens with zero attached hydrogens (tertiary/aromatic N) is 1. The Balaban J connectivity index is 2.56. The molecule has 20 heavy (non-hydrogen) atoms. The van der Waals surface area contributed by atoms with Gasteiger partial charge in [-0.3, -0.25) is 4.79 Å². The van der Waals surface area contributed by atoms with E-state index in [4.69, 9.17) is 0 Å². The Morgan fingerprint density at radius 3 is 2.45 bits per heavy atom. The number of carbonyl (C=O) groups excluding carboxylic acids is 1. The molecule has 0 amide bonds. The second-order valence-corrected chi connectivity index (χ2v) is 11.4. The van der Waals surface area contributed by atoms with E-state index in [1.54, 1.807) is 6.92 Å². The monoisotopic (exact) mass is 281 g/mol. The van der Waals surface area contributed by atoms with Crippen molar-refractivity contribution >= 4 is 35.3 Å². The van der Waals surface area contributed by atoms with Crippen LogP contribution in [0.3, 0.4) is 0 Å². The van der Waals surface area contributed by atoms with Gasteiger partial charge in [0, 0.05) is 23.3 Å². The van der Waals surface area contributed by atoms with Crippen molar-refractivity contribution in [2.75, 3.05) is 0 Å². The van der Waals surface area contributed by atoms with Gasteiger partial charge in [-0.05, 0) is 23.6 Å². The van der Waals surface area contributed by atoms with Crippen molar-refractivity contribution in [3.8, 4) is 0 Å². The molecule has 0 radical (unpaired) electrons. The van der Waals surface area contributed by atoms with Gasteiger partial charge >= 0.3 is 0 Å². The maximum atomic E-state index is 12.0. The van der Waals surface area contributed by atoms with Crippen LogP contribution in [0, 0.1) is 0 Å². The molecule has 0 aliphatic carbocycles. The van der Waals surface area contributed by atoms with E-state index in [1.807, 2.05) is 6.20 Å². The van der Waals surface area contributed by atoms with Gasteiger partial charge in [-0.25, -0.2) is 0 Å². The van der Waals surface area contributed by atoms with Gasteiger partial charge in [0.1, 0.15) is 0 Å². The lowest BCUT2D eigenvalue weighted by atomic mass is 10.1.